The van der Waals surface area contributed by atoms with E-state index in [1.54, 1.807) is 17.8 Å². The van der Waals surface area contributed by atoms with E-state index in [-0.39, 0.29) is 5.82 Å². The second-order valence-electron chi connectivity index (χ2n) is 5.32. The third kappa shape index (κ3) is 3.37. The van der Waals surface area contributed by atoms with Gasteiger partial charge in [0.2, 0.25) is 0 Å². The van der Waals surface area contributed by atoms with Crippen molar-refractivity contribution in [2.24, 2.45) is 10.4 Å². The van der Waals surface area contributed by atoms with Crippen molar-refractivity contribution >= 4 is 38.5 Å². The number of rotatable bonds is 3. The molecule has 1 heterocycles. The third-order valence-corrected chi connectivity index (χ3v) is 5.95. The SMILES string of the molecule is CCC1(CC)CN=C(Nc2cc(Br)c(F)cc2C)SC1. The van der Waals surface area contributed by atoms with E-state index in [1.807, 2.05) is 6.92 Å². The molecule has 5 heteroatoms. The van der Waals surface area contributed by atoms with Crippen LogP contribution in [-0.2, 0) is 0 Å². The van der Waals surface area contributed by atoms with Gasteiger partial charge in [0.15, 0.2) is 5.17 Å². The van der Waals surface area contributed by atoms with E-state index < -0.39 is 0 Å². The highest BCUT2D eigenvalue weighted by molar-refractivity contribution is 9.10. The van der Waals surface area contributed by atoms with Gasteiger partial charge in [0.25, 0.3) is 0 Å². The van der Waals surface area contributed by atoms with Gasteiger partial charge in [-0.05, 0) is 58.8 Å². The normalized spacial score (nSPS) is 17.8. The van der Waals surface area contributed by atoms with Crippen molar-refractivity contribution in [2.45, 2.75) is 33.6 Å². The lowest BCUT2D eigenvalue weighted by Gasteiger charge is -2.33. The predicted octanol–water partition coefficient (Wildman–Crippen LogP) is 5.22. The quantitative estimate of drug-likeness (QED) is 0.800. The molecule has 0 fully saturated rings. The molecule has 1 aliphatic heterocycles. The zero-order chi connectivity index (χ0) is 14.8. The molecule has 0 aliphatic carbocycles. The van der Waals surface area contributed by atoms with Gasteiger partial charge in [0.05, 0.1) is 4.47 Å². The molecule has 0 radical (unpaired) electrons. The van der Waals surface area contributed by atoms with Crippen LogP contribution in [0.1, 0.15) is 32.3 Å². The van der Waals surface area contributed by atoms with Crippen molar-refractivity contribution in [1.82, 2.24) is 0 Å². The maximum atomic E-state index is 13.4. The van der Waals surface area contributed by atoms with Gasteiger partial charge in [-0.2, -0.15) is 0 Å². The highest BCUT2D eigenvalue weighted by Gasteiger charge is 2.30. The molecule has 0 spiro atoms. The number of amidine groups is 1. The van der Waals surface area contributed by atoms with E-state index in [4.69, 9.17) is 0 Å². The first-order valence-corrected chi connectivity index (χ1v) is 8.67. The number of benzene rings is 1. The Morgan fingerprint density at radius 3 is 2.65 bits per heavy atom. The van der Waals surface area contributed by atoms with Crippen LogP contribution in [0.25, 0.3) is 0 Å². The lowest BCUT2D eigenvalue weighted by Crippen LogP contribution is -2.32. The van der Waals surface area contributed by atoms with Crippen molar-refractivity contribution < 1.29 is 4.39 Å². The van der Waals surface area contributed by atoms with Gasteiger partial charge < -0.3 is 5.32 Å². The van der Waals surface area contributed by atoms with Crippen LogP contribution in [0.5, 0.6) is 0 Å². The fourth-order valence-electron chi connectivity index (χ4n) is 2.20. The Hall–Kier alpha value is -0.550. The summed E-state index contributed by atoms with van der Waals surface area (Å²) in [4.78, 5) is 4.67. The molecule has 1 aliphatic rings. The number of hydrogen-bond donors (Lipinski definition) is 1. The average molecular weight is 359 g/mol. The first-order chi connectivity index (χ1) is 9.49. The summed E-state index contributed by atoms with van der Waals surface area (Å²) < 4.78 is 13.9. The molecule has 0 atom stereocenters. The minimum atomic E-state index is -0.234. The molecule has 2 nitrogen and oxygen atoms in total. The van der Waals surface area contributed by atoms with Crippen LogP contribution in [0.3, 0.4) is 0 Å². The standard InChI is InChI=1S/C15H20BrFN2S/c1-4-15(5-2)8-18-14(20-9-15)19-13-7-11(16)12(17)6-10(13)3/h6-7H,4-5,8-9H2,1-3H3,(H,18,19). The predicted molar refractivity (Wildman–Crippen MR) is 90.2 cm³/mol. The molecule has 0 saturated heterocycles. The summed E-state index contributed by atoms with van der Waals surface area (Å²) in [7, 11) is 0. The molecule has 1 N–H and O–H groups in total. The number of nitrogens with zero attached hydrogens (tertiary/aromatic N) is 1. The van der Waals surface area contributed by atoms with Gasteiger partial charge in [-0.1, -0.05) is 25.6 Å². The fourth-order valence-corrected chi connectivity index (χ4v) is 3.83. The zero-order valence-corrected chi connectivity index (χ0v) is 14.5. The van der Waals surface area contributed by atoms with E-state index in [0.29, 0.717) is 9.89 Å². The Balaban J connectivity index is 2.13. The Kier molecular flexibility index (Phi) is 5.13. The maximum Gasteiger partial charge on any atom is 0.161 e. The summed E-state index contributed by atoms with van der Waals surface area (Å²) in [5, 5.41) is 4.25. The van der Waals surface area contributed by atoms with Crippen molar-refractivity contribution in [1.29, 1.82) is 0 Å². The van der Waals surface area contributed by atoms with Gasteiger partial charge in [-0.25, -0.2) is 4.39 Å². The van der Waals surface area contributed by atoms with Gasteiger partial charge >= 0.3 is 0 Å². The highest BCUT2D eigenvalue weighted by atomic mass is 79.9. The number of thioether (sulfide) groups is 1. The van der Waals surface area contributed by atoms with E-state index >= 15 is 0 Å². The molecule has 0 amide bonds. The van der Waals surface area contributed by atoms with Crippen LogP contribution in [0, 0.1) is 18.2 Å². The maximum absolute atomic E-state index is 13.4. The number of aryl methyl sites for hydroxylation is 1. The number of anilines is 1. The first-order valence-electron chi connectivity index (χ1n) is 6.89. The Morgan fingerprint density at radius 1 is 1.40 bits per heavy atom. The van der Waals surface area contributed by atoms with Gasteiger partial charge in [-0.3, -0.25) is 4.99 Å². The number of halogens is 2. The largest absolute Gasteiger partial charge is 0.335 e. The third-order valence-electron chi connectivity index (χ3n) is 4.08. The smallest absolute Gasteiger partial charge is 0.161 e. The minimum absolute atomic E-state index is 0.234. The highest BCUT2D eigenvalue weighted by Crippen LogP contribution is 2.36. The molecule has 110 valence electrons. The van der Waals surface area contributed by atoms with Crippen LogP contribution < -0.4 is 5.32 Å². The lowest BCUT2D eigenvalue weighted by atomic mass is 9.84. The number of aliphatic imine (C=N–C) groups is 1. The summed E-state index contributed by atoms with van der Waals surface area (Å²) in [6, 6.07) is 3.30. The molecular formula is C15H20BrFN2S. The monoisotopic (exact) mass is 358 g/mol. The molecular weight excluding hydrogens is 339 g/mol. The molecule has 0 bridgehead atoms. The van der Waals surface area contributed by atoms with E-state index in [2.05, 4.69) is 40.1 Å². The Bertz CT molecular complexity index is 527. The zero-order valence-electron chi connectivity index (χ0n) is 12.1. The molecule has 0 unspecified atom stereocenters. The van der Waals surface area contributed by atoms with Crippen LogP contribution >= 0.6 is 27.7 Å². The van der Waals surface area contributed by atoms with Crippen molar-refractivity contribution in [3.63, 3.8) is 0 Å². The van der Waals surface area contributed by atoms with Gasteiger partial charge in [0.1, 0.15) is 5.82 Å². The lowest BCUT2D eigenvalue weighted by molar-refractivity contribution is 0.318. The Morgan fingerprint density at radius 2 is 2.10 bits per heavy atom. The summed E-state index contributed by atoms with van der Waals surface area (Å²) >= 11 is 4.99. The first kappa shape index (κ1) is 15.8. The summed E-state index contributed by atoms with van der Waals surface area (Å²) in [6.45, 7) is 7.24. The van der Waals surface area contributed by atoms with Crippen molar-refractivity contribution in [3.05, 3.63) is 28.0 Å². The van der Waals surface area contributed by atoms with Gasteiger partial charge in [-0.15, -0.1) is 0 Å². The van der Waals surface area contributed by atoms with Crippen LogP contribution in [0.15, 0.2) is 21.6 Å². The molecule has 20 heavy (non-hydrogen) atoms. The van der Waals surface area contributed by atoms with Crippen LogP contribution in [-0.4, -0.2) is 17.5 Å². The minimum Gasteiger partial charge on any atom is -0.335 e. The van der Waals surface area contributed by atoms with E-state index in [0.717, 1.165) is 41.6 Å². The topological polar surface area (TPSA) is 24.4 Å². The average Bonchev–Trinajstić information content (AvgIpc) is 2.46. The molecule has 1 aromatic rings. The summed E-state index contributed by atoms with van der Waals surface area (Å²) in [6.07, 6.45) is 2.32. The number of nitrogens with one attached hydrogen (secondary N) is 1. The summed E-state index contributed by atoms with van der Waals surface area (Å²) in [5.74, 6) is 0.857. The second kappa shape index (κ2) is 6.48. The number of hydrogen-bond acceptors (Lipinski definition) is 3. The molecule has 0 saturated carbocycles. The second-order valence-corrected chi connectivity index (χ2v) is 7.14. The van der Waals surface area contributed by atoms with Gasteiger partial charge in [0, 0.05) is 18.0 Å². The van der Waals surface area contributed by atoms with Crippen molar-refractivity contribution in [3.8, 4) is 0 Å². The molecule has 1 aromatic carbocycles. The molecule has 2 rings (SSSR count). The van der Waals surface area contributed by atoms with E-state index in [9.17, 15) is 4.39 Å². The van der Waals surface area contributed by atoms with Crippen LogP contribution in [0.2, 0.25) is 0 Å². The van der Waals surface area contributed by atoms with E-state index in [1.165, 1.54) is 6.07 Å². The van der Waals surface area contributed by atoms with Crippen molar-refractivity contribution in [2.75, 3.05) is 17.6 Å². The molecule has 0 aromatic heterocycles. The Labute approximate surface area is 132 Å². The van der Waals surface area contributed by atoms with Crippen LogP contribution in [0.4, 0.5) is 10.1 Å². The fraction of sp³-hybridized carbons (Fsp3) is 0.533. The summed E-state index contributed by atoms with van der Waals surface area (Å²) in [5.41, 5.74) is 2.13.